The first-order valence-corrected chi connectivity index (χ1v) is 22.2. The number of rotatable bonds is 11. The molecule has 0 spiro atoms. The Bertz CT molecular complexity index is 2370. The van der Waals surface area contributed by atoms with Gasteiger partial charge in [0.25, 0.3) is 0 Å². The Morgan fingerprint density at radius 2 is 0.814 bits per heavy atom. The summed E-state index contributed by atoms with van der Waals surface area (Å²) in [6.45, 7) is 9.02. The highest BCUT2D eigenvalue weighted by atomic mass is 31.1. The van der Waals surface area contributed by atoms with E-state index in [4.69, 9.17) is 9.47 Å². The van der Waals surface area contributed by atoms with Crippen molar-refractivity contribution in [3.63, 3.8) is 0 Å². The van der Waals surface area contributed by atoms with E-state index in [1.54, 1.807) is 14.2 Å². The van der Waals surface area contributed by atoms with Crippen LogP contribution in [0.3, 0.4) is 0 Å². The van der Waals surface area contributed by atoms with E-state index in [0.717, 1.165) is 22.6 Å². The van der Waals surface area contributed by atoms with Crippen LogP contribution in [0.25, 0.3) is 0 Å². The highest BCUT2D eigenvalue weighted by Crippen LogP contribution is 2.69. The van der Waals surface area contributed by atoms with Gasteiger partial charge in [0.05, 0.1) is 14.2 Å². The van der Waals surface area contributed by atoms with Gasteiger partial charge in [-0.3, -0.25) is 4.79 Å². The van der Waals surface area contributed by atoms with E-state index < -0.39 is 7.92 Å². The molecule has 0 amide bonds. The van der Waals surface area contributed by atoms with Crippen LogP contribution < -0.4 is 14.8 Å². The number of ketones is 1. The molecule has 0 aromatic heterocycles. The number of methoxy groups -OCH3 is 2. The van der Waals surface area contributed by atoms with Crippen molar-refractivity contribution in [2.45, 2.75) is 63.7 Å². The maximum atomic E-state index is 14.4. The van der Waals surface area contributed by atoms with Crippen LogP contribution in [0.2, 0.25) is 0 Å². The number of ether oxygens (including phenoxy) is 2. The number of carbonyl (C=O) groups is 1. The summed E-state index contributed by atoms with van der Waals surface area (Å²) < 4.78 is 12.3. The minimum atomic E-state index is -1.20. The van der Waals surface area contributed by atoms with Gasteiger partial charge >= 0.3 is 0 Å². The standard InChI is InChI=1S/C55H53O3P/c1-36-20-17-21-37(2)51(36)53(40-24-9-7-10-25-40)45-30-19-31-46(54(41-26-11-8-12-27-41)52-38(3)22-18-23-39(52)4)55(45)59-49(43-28-13-15-32-47(43)57-5)34-42(56)35-50(59)44-29-14-16-33-48(44)58-6/h7-33,49-50,53-54H,34-35H2,1-6H3. The number of hydrogen-bond acceptors (Lipinski definition) is 3. The molecule has 0 saturated carbocycles. The van der Waals surface area contributed by atoms with Gasteiger partial charge in [-0.05, 0) is 101 Å². The second-order valence-corrected chi connectivity index (χ2v) is 18.5. The van der Waals surface area contributed by atoms with Crippen molar-refractivity contribution in [2.24, 2.45) is 0 Å². The van der Waals surface area contributed by atoms with Gasteiger partial charge in [-0.15, -0.1) is 0 Å². The molecule has 0 aliphatic carbocycles. The van der Waals surface area contributed by atoms with Crippen LogP contribution in [0.5, 0.6) is 11.5 Å². The summed E-state index contributed by atoms with van der Waals surface area (Å²) in [6.07, 6.45) is 0.870. The molecule has 0 radical (unpaired) electrons. The molecule has 7 aromatic rings. The Morgan fingerprint density at radius 3 is 1.20 bits per heavy atom. The first kappa shape index (κ1) is 40.0. The van der Waals surface area contributed by atoms with Crippen molar-refractivity contribution in [3.8, 4) is 11.5 Å². The zero-order chi connectivity index (χ0) is 41.0. The van der Waals surface area contributed by atoms with E-state index in [1.807, 2.05) is 12.1 Å². The molecule has 8 rings (SSSR count). The van der Waals surface area contributed by atoms with Crippen LogP contribution in [-0.4, -0.2) is 20.0 Å². The predicted molar refractivity (Wildman–Crippen MR) is 245 cm³/mol. The molecule has 0 bridgehead atoms. The lowest BCUT2D eigenvalue weighted by molar-refractivity contribution is -0.119. The maximum Gasteiger partial charge on any atom is 0.134 e. The van der Waals surface area contributed by atoms with Crippen molar-refractivity contribution in [3.05, 3.63) is 231 Å². The first-order chi connectivity index (χ1) is 28.8. The largest absolute Gasteiger partial charge is 0.496 e. The number of benzene rings is 7. The minimum Gasteiger partial charge on any atom is -0.496 e. The van der Waals surface area contributed by atoms with Crippen LogP contribution in [0, 0.1) is 27.7 Å². The number of carbonyl (C=O) groups excluding carboxylic acids is 1. The van der Waals surface area contributed by atoms with Crippen LogP contribution in [0.1, 0.15) is 103 Å². The Kier molecular flexibility index (Phi) is 12.0. The number of hydrogen-bond donors (Lipinski definition) is 0. The molecule has 4 unspecified atom stereocenters. The van der Waals surface area contributed by atoms with Gasteiger partial charge < -0.3 is 9.47 Å². The molecule has 296 valence electrons. The first-order valence-electron chi connectivity index (χ1n) is 20.7. The lowest BCUT2D eigenvalue weighted by atomic mass is 9.77. The van der Waals surface area contributed by atoms with Crippen molar-refractivity contribution < 1.29 is 14.3 Å². The molecule has 1 fully saturated rings. The van der Waals surface area contributed by atoms with E-state index in [9.17, 15) is 4.79 Å². The number of para-hydroxylation sites is 2. The Labute approximate surface area is 351 Å². The van der Waals surface area contributed by atoms with Gasteiger partial charge in [0, 0.05) is 47.1 Å². The van der Waals surface area contributed by atoms with Gasteiger partial charge in [-0.25, -0.2) is 0 Å². The summed E-state index contributed by atoms with van der Waals surface area (Å²) in [5.41, 5.74) is 14.7. The SMILES string of the molecule is COc1ccccc1C1CC(=O)CC(c2ccccc2OC)P1c1c(C(c2ccccc2)c2c(C)cccc2C)cccc1C(c1ccccc1)c1c(C)cccc1C. The van der Waals surface area contributed by atoms with Crippen LogP contribution >= 0.6 is 7.92 Å². The molecule has 3 nitrogen and oxygen atoms in total. The van der Waals surface area contributed by atoms with Gasteiger partial charge in [-0.1, -0.05) is 160 Å². The van der Waals surface area contributed by atoms with Crippen LogP contribution in [-0.2, 0) is 4.79 Å². The summed E-state index contributed by atoms with van der Waals surface area (Å²) in [5, 5.41) is 1.36. The predicted octanol–water partition coefficient (Wildman–Crippen LogP) is 13.3. The summed E-state index contributed by atoms with van der Waals surface area (Å²) in [5.74, 6) is 1.76. The fraction of sp³-hybridized carbons (Fsp3) is 0.218. The average Bonchev–Trinajstić information content (AvgIpc) is 3.26. The van der Waals surface area contributed by atoms with Gasteiger partial charge in [0.1, 0.15) is 17.3 Å². The van der Waals surface area contributed by atoms with E-state index in [2.05, 4.69) is 179 Å². The highest BCUT2D eigenvalue weighted by Gasteiger charge is 2.45. The fourth-order valence-corrected chi connectivity index (χ4v) is 13.7. The zero-order valence-corrected chi connectivity index (χ0v) is 35.9. The summed E-state index contributed by atoms with van der Waals surface area (Å²) in [4.78, 5) is 14.4. The molecule has 1 aliphatic rings. The monoisotopic (exact) mass is 792 g/mol. The highest BCUT2D eigenvalue weighted by molar-refractivity contribution is 7.66. The second-order valence-electron chi connectivity index (χ2n) is 16.0. The molecule has 1 saturated heterocycles. The quantitative estimate of drug-likeness (QED) is 0.0967. The fourth-order valence-electron chi connectivity index (χ4n) is 9.85. The van der Waals surface area contributed by atoms with Crippen molar-refractivity contribution >= 4 is 19.0 Å². The number of aryl methyl sites for hydroxylation is 4. The van der Waals surface area contributed by atoms with E-state index >= 15 is 0 Å². The van der Waals surface area contributed by atoms with Crippen LogP contribution in [0.15, 0.2) is 164 Å². The topological polar surface area (TPSA) is 35.5 Å². The average molecular weight is 793 g/mol. The van der Waals surface area contributed by atoms with Gasteiger partial charge in [-0.2, -0.15) is 0 Å². The van der Waals surface area contributed by atoms with Gasteiger partial charge in [0.2, 0.25) is 0 Å². The lowest BCUT2D eigenvalue weighted by Gasteiger charge is -2.43. The number of Topliss-reactive ketones (excluding diaryl/α,β-unsaturated/α-hetero) is 1. The molecular formula is C55H53O3P. The second kappa shape index (κ2) is 17.6. The lowest BCUT2D eigenvalue weighted by Crippen LogP contribution is -2.30. The molecular weight excluding hydrogens is 740 g/mol. The van der Waals surface area contributed by atoms with E-state index in [0.29, 0.717) is 12.8 Å². The van der Waals surface area contributed by atoms with Crippen molar-refractivity contribution in [1.82, 2.24) is 0 Å². The maximum absolute atomic E-state index is 14.4. The normalized spacial score (nSPS) is 17.6. The molecule has 4 atom stereocenters. The van der Waals surface area contributed by atoms with Crippen molar-refractivity contribution in [1.29, 1.82) is 0 Å². The zero-order valence-electron chi connectivity index (χ0n) is 35.0. The summed E-state index contributed by atoms with van der Waals surface area (Å²) >= 11 is 0. The third kappa shape index (κ3) is 7.77. The summed E-state index contributed by atoms with van der Waals surface area (Å²) in [6, 6.07) is 59.3. The molecule has 1 aliphatic heterocycles. The third-order valence-electron chi connectivity index (χ3n) is 12.4. The molecule has 1 heterocycles. The molecule has 4 heteroatoms. The third-order valence-corrected chi connectivity index (χ3v) is 15.7. The molecule has 7 aromatic carbocycles. The molecule has 0 N–H and O–H groups in total. The van der Waals surface area contributed by atoms with E-state index in [1.165, 1.54) is 60.9 Å². The molecule has 59 heavy (non-hydrogen) atoms. The minimum absolute atomic E-state index is 0.0708. The van der Waals surface area contributed by atoms with Gasteiger partial charge in [0.15, 0.2) is 0 Å². The van der Waals surface area contributed by atoms with Crippen molar-refractivity contribution in [2.75, 3.05) is 14.2 Å². The van der Waals surface area contributed by atoms with E-state index in [-0.39, 0.29) is 28.9 Å². The Morgan fingerprint density at radius 1 is 0.458 bits per heavy atom. The summed E-state index contributed by atoms with van der Waals surface area (Å²) in [7, 11) is 2.30. The van der Waals surface area contributed by atoms with Crippen LogP contribution in [0.4, 0.5) is 0 Å². The Balaban J connectivity index is 1.57. The smallest absolute Gasteiger partial charge is 0.134 e. The Hall–Kier alpha value is -5.76.